The third kappa shape index (κ3) is 5.61. The highest BCUT2D eigenvalue weighted by atomic mass is 14.0. The minimum absolute atomic E-state index is 1.12. The molecule has 0 bridgehead atoms. The highest BCUT2D eigenvalue weighted by molar-refractivity contribution is 5.00. The van der Waals surface area contributed by atoms with Crippen LogP contribution in [0.2, 0.25) is 0 Å². The molecular formula is C9H17. The molecule has 0 fully saturated rings. The quantitative estimate of drug-likeness (QED) is 0.505. The largest absolute Gasteiger partial charge is 0.100 e. The summed E-state index contributed by atoms with van der Waals surface area (Å²) in [7, 11) is 0. The lowest BCUT2D eigenvalue weighted by Gasteiger charge is -2.07. The molecule has 0 saturated carbocycles. The lowest BCUT2D eigenvalue weighted by molar-refractivity contribution is 0.756. The topological polar surface area (TPSA) is 0 Å². The summed E-state index contributed by atoms with van der Waals surface area (Å²) in [5, 5.41) is 0. The van der Waals surface area contributed by atoms with Gasteiger partial charge in [-0.05, 0) is 25.7 Å². The Morgan fingerprint density at radius 3 is 2.22 bits per heavy atom. The second-order valence-electron chi connectivity index (χ2n) is 2.84. The van der Waals surface area contributed by atoms with Crippen LogP contribution in [-0.2, 0) is 0 Å². The minimum atomic E-state index is 1.12. The average Bonchev–Trinajstić information content (AvgIpc) is 1.63. The summed E-state index contributed by atoms with van der Waals surface area (Å²) in [6.07, 6.45) is 3.64. The molecule has 0 atom stereocenters. The molecule has 0 saturated heterocycles. The number of rotatable bonds is 4. The molecule has 0 spiro atoms. The molecule has 0 heteroatoms. The fraction of sp³-hybridized carbons (Fsp3) is 0.667. The predicted octanol–water partition coefficient (Wildman–Crippen LogP) is 3.35. The van der Waals surface area contributed by atoms with Crippen LogP contribution < -0.4 is 0 Å². The number of hydrogen-bond donors (Lipinski definition) is 0. The Morgan fingerprint density at radius 2 is 1.89 bits per heavy atom. The van der Waals surface area contributed by atoms with E-state index in [0.717, 1.165) is 6.42 Å². The summed E-state index contributed by atoms with van der Waals surface area (Å²) in [6, 6.07) is 0. The molecule has 0 N–H and O–H groups in total. The highest BCUT2D eigenvalue weighted by Crippen LogP contribution is 2.16. The van der Waals surface area contributed by atoms with Crippen molar-refractivity contribution < 1.29 is 0 Å². The molecule has 0 aliphatic heterocycles. The summed E-state index contributed by atoms with van der Waals surface area (Å²) < 4.78 is 0. The molecule has 9 heavy (non-hydrogen) atoms. The van der Waals surface area contributed by atoms with E-state index in [-0.39, 0.29) is 0 Å². The van der Waals surface area contributed by atoms with E-state index < -0.39 is 0 Å². The Hall–Kier alpha value is -0.260. The summed E-state index contributed by atoms with van der Waals surface area (Å²) >= 11 is 0. The van der Waals surface area contributed by atoms with Gasteiger partial charge in [0.25, 0.3) is 0 Å². The molecular weight excluding hydrogens is 108 g/mol. The Kier molecular flexibility index (Phi) is 4.47. The number of hydrogen-bond acceptors (Lipinski definition) is 0. The van der Waals surface area contributed by atoms with Crippen molar-refractivity contribution in [3.8, 4) is 0 Å². The van der Waals surface area contributed by atoms with Gasteiger partial charge in [0.1, 0.15) is 0 Å². The van der Waals surface area contributed by atoms with E-state index in [1.807, 2.05) is 0 Å². The van der Waals surface area contributed by atoms with Crippen molar-refractivity contribution in [2.45, 2.75) is 40.0 Å². The van der Waals surface area contributed by atoms with E-state index in [9.17, 15) is 0 Å². The first-order valence-electron chi connectivity index (χ1n) is 3.62. The Labute approximate surface area is 59.0 Å². The van der Waals surface area contributed by atoms with E-state index in [0.29, 0.717) is 0 Å². The van der Waals surface area contributed by atoms with Gasteiger partial charge < -0.3 is 0 Å². The first kappa shape index (κ1) is 8.74. The van der Waals surface area contributed by atoms with E-state index in [4.69, 9.17) is 0 Å². The maximum atomic E-state index is 3.86. The molecule has 0 aromatic heterocycles. The van der Waals surface area contributed by atoms with Crippen LogP contribution in [0.15, 0.2) is 12.2 Å². The van der Waals surface area contributed by atoms with E-state index >= 15 is 0 Å². The van der Waals surface area contributed by atoms with E-state index in [1.165, 1.54) is 18.4 Å². The highest BCUT2D eigenvalue weighted by Gasteiger charge is 1.99. The van der Waals surface area contributed by atoms with Gasteiger partial charge in [0.05, 0.1) is 0 Å². The predicted molar refractivity (Wildman–Crippen MR) is 43.3 cm³/mol. The van der Waals surface area contributed by atoms with Gasteiger partial charge in [-0.1, -0.05) is 25.8 Å². The second-order valence-corrected chi connectivity index (χ2v) is 2.84. The SMILES string of the molecule is C=C(C)C[C](C)CCC. The van der Waals surface area contributed by atoms with Gasteiger partial charge in [0.15, 0.2) is 0 Å². The molecule has 0 aliphatic rings. The van der Waals surface area contributed by atoms with Crippen LogP contribution in [0, 0.1) is 5.92 Å². The van der Waals surface area contributed by atoms with Crippen molar-refractivity contribution in [3.63, 3.8) is 0 Å². The molecule has 0 aliphatic carbocycles. The standard InChI is InChI=1S/C9H17/c1-5-6-9(4)7-8(2)3/h2,5-7H2,1,3-4H3. The molecule has 0 heterocycles. The lowest BCUT2D eigenvalue weighted by Crippen LogP contribution is -1.90. The van der Waals surface area contributed by atoms with Gasteiger partial charge >= 0.3 is 0 Å². The van der Waals surface area contributed by atoms with E-state index in [2.05, 4.69) is 27.4 Å². The molecule has 53 valence electrons. The molecule has 0 aromatic carbocycles. The van der Waals surface area contributed by atoms with Gasteiger partial charge in [-0.25, -0.2) is 0 Å². The monoisotopic (exact) mass is 125 g/mol. The van der Waals surface area contributed by atoms with Crippen LogP contribution in [0.4, 0.5) is 0 Å². The summed E-state index contributed by atoms with van der Waals surface area (Å²) in [4.78, 5) is 0. The van der Waals surface area contributed by atoms with Crippen LogP contribution in [0.25, 0.3) is 0 Å². The van der Waals surface area contributed by atoms with Gasteiger partial charge in [0.2, 0.25) is 0 Å². The van der Waals surface area contributed by atoms with Gasteiger partial charge in [0, 0.05) is 0 Å². The zero-order valence-corrected chi connectivity index (χ0v) is 6.83. The van der Waals surface area contributed by atoms with Crippen molar-refractivity contribution in [2.24, 2.45) is 0 Å². The first-order chi connectivity index (χ1) is 4.16. The molecule has 0 aromatic rings. The lowest BCUT2D eigenvalue weighted by atomic mass is 9.99. The Morgan fingerprint density at radius 1 is 1.33 bits per heavy atom. The summed E-state index contributed by atoms with van der Waals surface area (Å²) in [5.74, 6) is 1.56. The summed E-state index contributed by atoms with van der Waals surface area (Å²) in [6.45, 7) is 10.4. The maximum absolute atomic E-state index is 3.86. The Bertz CT molecular complexity index is 82.0. The van der Waals surface area contributed by atoms with Crippen molar-refractivity contribution in [1.82, 2.24) is 0 Å². The van der Waals surface area contributed by atoms with Crippen LogP contribution in [-0.4, -0.2) is 0 Å². The van der Waals surface area contributed by atoms with Crippen LogP contribution >= 0.6 is 0 Å². The van der Waals surface area contributed by atoms with Gasteiger partial charge in [-0.2, -0.15) is 0 Å². The van der Waals surface area contributed by atoms with Crippen LogP contribution in [0.1, 0.15) is 40.0 Å². The fourth-order valence-electron chi connectivity index (χ4n) is 1.03. The van der Waals surface area contributed by atoms with Gasteiger partial charge in [-0.15, -0.1) is 6.58 Å². The zero-order valence-electron chi connectivity index (χ0n) is 6.83. The molecule has 0 unspecified atom stereocenters. The maximum Gasteiger partial charge on any atom is -0.0232 e. The molecule has 0 amide bonds. The van der Waals surface area contributed by atoms with Gasteiger partial charge in [-0.3, -0.25) is 0 Å². The molecule has 0 nitrogen and oxygen atoms in total. The summed E-state index contributed by atoms with van der Waals surface area (Å²) in [5.41, 5.74) is 1.28. The van der Waals surface area contributed by atoms with Crippen LogP contribution in [0.5, 0.6) is 0 Å². The number of allylic oxidation sites excluding steroid dienone is 1. The zero-order chi connectivity index (χ0) is 7.28. The Balaban J connectivity index is 3.26. The van der Waals surface area contributed by atoms with Crippen molar-refractivity contribution in [1.29, 1.82) is 0 Å². The average molecular weight is 125 g/mol. The third-order valence-electron chi connectivity index (χ3n) is 1.28. The molecule has 0 rings (SSSR count). The minimum Gasteiger partial charge on any atom is -0.100 e. The normalized spacial score (nSPS) is 10.2. The van der Waals surface area contributed by atoms with Crippen LogP contribution in [0.3, 0.4) is 0 Å². The van der Waals surface area contributed by atoms with Crippen molar-refractivity contribution in [2.75, 3.05) is 0 Å². The van der Waals surface area contributed by atoms with Crippen molar-refractivity contribution >= 4 is 0 Å². The smallest absolute Gasteiger partial charge is 0.0232 e. The second kappa shape index (κ2) is 4.60. The fourth-order valence-corrected chi connectivity index (χ4v) is 1.03. The van der Waals surface area contributed by atoms with Crippen molar-refractivity contribution in [3.05, 3.63) is 18.1 Å². The first-order valence-corrected chi connectivity index (χ1v) is 3.62. The van der Waals surface area contributed by atoms with E-state index in [1.54, 1.807) is 5.92 Å². The molecule has 1 radical (unpaired) electrons. The third-order valence-corrected chi connectivity index (χ3v) is 1.28.